The van der Waals surface area contributed by atoms with Crippen LogP contribution in [-0.4, -0.2) is 4.98 Å². The van der Waals surface area contributed by atoms with Gasteiger partial charge in [-0.05, 0) is 37.1 Å². The summed E-state index contributed by atoms with van der Waals surface area (Å²) in [4.78, 5) is 4.08. The van der Waals surface area contributed by atoms with E-state index in [2.05, 4.69) is 10.3 Å². The number of pyridine rings is 1. The number of anilines is 2. The largest absolute Gasteiger partial charge is 0.355 e. The van der Waals surface area contributed by atoms with E-state index >= 15 is 0 Å². The van der Waals surface area contributed by atoms with Crippen LogP contribution in [0.3, 0.4) is 0 Å². The molecule has 0 saturated heterocycles. The molecule has 0 bridgehead atoms. The van der Waals surface area contributed by atoms with Crippen LogP contribution >= 0.6 is 0 Å². The Balaban J connectivity index is 2.34. The van der Waals surface area contributed by atoms with Gasteiger partial charge in [-0.3, -0.25) is 4.98 Å². The number of nitrogens with zero attached hydrogens (tertiary/aromatic N) is 1. The Morgan fingerprint density at radius 3 is 2.65 bits per heavy atom. The van der Waals surface area contributed by atoms with E-state index in [0.29, 0.717) is 0 Å². The Bertz CT molecular complexity index is 506. The highest BCUT2D eigenvalue weighted by atomic mass is 14.9. The van der Waals surface area contributed by atoms with Gasteiger partial charge in [0.15, 0.2) is 0 Å². The lowest BCUT2D eigenvalue weighted by Crippen LogP contribution is -2.08. The van der Waals surface area contributed by atoms with Crippen molar-refractivity contribution in [1.29, 1.82) is 0 Å². The Hall–Kier alpha value is -1.87. The molecule has 88 valence electrons. The molecule has 17 heavy (non-hydrogen) atoms. The molecule has 1 atom stereocenters. The van der Waals surface area contributed by atoms with Crippen molar-refractivity contribution in [2.24, 2.45) is 5.73 Å². The van der Waals surface area contributed by atoms with E-state index in [1.165, 1.54) is 0 Å². The summed E-state index contributed by atoms with van der Waals surface area (Å²) in [5.74, 6) is 0. The third kappa shape index (κ3) is 2.63. The number of para-hydroxylation sites is 1. The van der Waals surface area contributed by atoms with E-state index in [0.717, 1.165) is 22.5 Å². The monoisotopic (exact) mass is 227 g/mol. The second kappa shape index (κ2) is 4.97. The number of aromatic nitrogens is 1. The molecule has 0 amide bonds. The zero-order chi connectivity index (χ0) is 12.3. The first-order chi connectivity index (χ1) is 8.18. The lowest BCUT2D eigenvalue weighted by molar-refractivity contribution is 0.820. The zero-order valence-corrected chi connectivity index (χ0v) is 10.1. The van der Waals surface area contributed by atoms with Gasteiger partial charge in [-0.15, -0.1) is 0 Å². The van der Waals surface area contributed by atoms with Crippen LogP contribution in [0.1, 0.15) is 24.1 Å². The van der Waals surface area contributed by atoms with E-state index in [4.69, 9.17) is 5.73 Å². The molecular formula is C14H17N3. The van der Waals surface area contributed by atoms with Crippen LogP contribution in [0, 0.1) is 6.92 Å². The fourth-order valence-electron chi connectivity index (χ4n) is 1.77. The predicted molar refractivity (Wildman–Crippen MR) is 71.3 cm³/mol. The summed E-state index contributed by atoms with van der Waals surface area (Å²) >= 11 is 0. The number of hydrogen-bond acceptors (Lipinski definition) is 3. The molecule has 0 saturated carbocycles. The highest BCUT2D eigenvalue weighted by Gasteiger charge is 2.06. The van der Waals surface area contributed by atoms with Gasteiger partial charge in [0.05, 0.1) is 0 Å². The van der Waals surface area contributed by atoms with Crippen molar-refractivity contribution in [3.63, 3.8) is 0 Å². The van der Waals surface area contributed by atoms with Gasteiger partial charge >= 0.3 is 0 Å². The molecule has 0 aliphatic rings. The summed E-state index contributed by atoms with van der Waals surface area (Å²) in [7, 11) is 0. The maximum absolute atomic E-state index is 5.95. The van der Waals surface area contributed by atoms with Crippen molar-refractivity contribution >= 4 is 11.4 Å². The molecular weight excluding hydrogens is 210 g/mol. The number of aryl methyl sites for hydroxylation is 1. The summed E-state index contributed by atoms with van der Waals surface area (Å²) in [5, 5.41) is 3.40. The first kappa shape index (κ1) is 11.6. The SMILES string of the molecule is Cc1cnccc1Nc1ccccc1C(C)N. The molecule has 3 nitrogen and oxygen atoms in total. The molecule has 3 N–H and O–H groups in total. The Morgan fingerprint density at radius 1 is 1.18 bits per heavy atom. The molecule has 1 aromatic heterocycles. The van der Waals surface area contributed by atoms with Crippen LogP contribution in [-0.2, 0) is 0 Å². The molecule has 1 unspecified atom stereocenters. The van der Waals surface area contributed by atoms with Crippen LogP contribution in [0.5, 0.6) is 0 Å². The molecule has 3 heteroatoms. The number of nitrogens with one attached hydrogen (secondary N) is 1. The topological polar surface area (TPSA) is 50.9 Å². The van der Waals surface area contributed by atoms with E-state index in [1.807, 2.05) is 50.4 Å². The number of hydrogen-bond donors (Lipinski definition) is 2. The second-order valence-electron chi connectivity index (χ2n) is 4.19. The van der Waals surface area contributed by atoms with Crippen molar-refractivity contribution in [2.45, 2.75) is 19.9 Å². The lowest BCUT2D eigenvalue weighted by Gasteiger charge is -2.15. The van der Waals surface area contributed by atoms with Gasteiger partial charge in [0.2, 0.25) is 0 Å². The van der Waals surface area contributed by atoms with E-state index in [9.17, 15) is 0 Å². The van der Waals surface area contributed by atoms with E-state index in [-0.39, 0.29) is 6.04 Å². The van der Waals surface area contributed by atoms with Crippen molar-refractivity contribution < 1.29 is 0 Å². The highest BCUT2D eigenvalue weighted by molar-refractivity contribution is 5.65. The fourth-order valence-corrected chi connectivity index (χ4v) is 1.77. The average molecular weight is 227 g/mol. The summed E-state index contributed by atoms with van der Waals surface area (Å²) in [5.41, 5.74) is 10.3. The summed E-state index contributed by atoms with van der Waals surface area (Å²) in [6.07, 6.45) is 3.63. The van der Waals surface area contributed by atoms with Crippen LogP contribution in [0.4, 0.5) is 11.4 Å². The van der Waals surface area contributed by atoms with E-state index < -0.39 is 0 Å². The van der Waals surface area contributed by atoms with Gasteiger partial charge in [-0.2, -0.15) is 0 Å². The molecule has 0 aliphatic heterocycles. The lowest BCUT2D eigenvalue weighted by atomic mass is 10.1. The highest BCUT2D eigenvalue weighted by Crippen LogP contribution is 2.25. The van der Waals surface area contributed by atoms with Crippen LogP contribution < -0.4 is 11.1 Å². The van der Waals surface area contributed by atoms with Crippen LogP contribution in [0.15, 0.2) is 42.7 Å². The van der Waals surface area contributed by atoms with Gasteiger partial charge in [-0.25, -0.2) is 0 Å². The second-order valence-corrected chi connectivity index (χ2v) is 4.19. The van der Waals surface area contributed by atoms with Gasteiger partial charge in [0, 0.05) is 29.8 Å². The maximum Gasteiger partial charge on any atom is 0.0444 e. The zero-order valence-electron chi connectivity index (χ0n) is 10.1. The maximum atomic E-state index is 5.95. The first-order valence-corrected chi connectivity index (χ1v) is 5.70. The molecule has 1 heterocycles. The first-order valence-electron chi connectivity index (χ1n) is 5.70. The van der Waals surface area contributed by atoms with E-state index in [1.54, 1.807) is 6.20 Å². The summed E-state index contributed by atoms with van der Waals surface area (Å²) in [6, 6.07) is 10.1. The normalized spacial score (nSPS) is 12.2. The summed E-state index contributed by atoms with van der Waals surface area (Å²) < 4.78 is 0. The minimum absolute atomic E-state index is 0.0147. The molecule has 1 aromatic carbocycles. The smallest absolute Gasteiger partial charge is 0.0444 e. The molecule has 0 spiro atoms. The molecule has 2 aromatic rings. The molecule has 0 aliphatic carbocycles. The average Bonchev–Trinajstić information content (AvgIpc) is 2.32. The number of nitrogens with two attached hydrogens (primary N) is 1. The minimum atomic E-state index is 0.0147. The summed E-state index contributed by atoms with van der Waals surface area (Å²) in [6.45, 7) is 4.02. The molecule has 0 fully saturated rings. The van der Waals surface area contributed by atoms with Crippen molar-refractivity contribution in [3.8, 4) is 0 Å². The van der Waals surface area contributed by atoms with Gasteiger partial charge < -0.3 is 11.1 Å². The predicted octanol–water partition coefficient (Wildman–Crippen LogP) is 3.15. The Kier molecular flexibility index (Phi) is 3.40. The third-order valence-electron chi connectivity index (χ3n) is 2.74. The van der Waals surface area contributed by atoms with Gasteiger partial charge in [-0.1, -0.05) is 18.2 Å². The van der Waals surface area contributed by atoms with Crippen LogP contribution in [0.25, 0.3) is 0 Å². The molecule has 2 rings (SSSR count). The standard InChI is InChI=1S/C14H17N3/c1-10-9-16-8-7-13(10)17-14-6-4-3-5-12(14)11(2)15/h3-9,11H,15H2,1-2H3,(H,16,17). The number of benzene rings is 1. The van der Waals surface area contributed by atoms with Crippen LogP contribution in [0.2, 0.25) is 0 Å². The van der Waals surface area contributed by atoms with Gasteiger partial charge in [0.1, 0.15) is 0 Å². The van der Waals surface area contributed by atoms with Crippen molar-refractivity contribution in [2.75, 3.05) is 5.32 Å². The quantitative estimate of drug-likeness (QED) is 0.846. The fraction of sp³-hybridized carbons (Fsp3) is 0.214. The Labute approximate surface area is 102 Å². The van der Waals surface area contributed by atoms with Crippen molar-refractivity contribution in [1.82, 2.24) is 4.98 Å². The third-order valence-corrected chi connectivity index (χ3v) is 2.74. The van der Waals surface area contributed by atoms with Crippen molar-refractivity contribution in [3.05, 3.63) is 53.9 Å². The molecule has 0 radical (unpaired) electrons. The van der Waals surface area contributed by atoms with Gasteiger partial charge in [0.25, 0.3) is 0 Å². The number of rotatable bonds is 3. The minimum Gasteiger partial charge on any atom is -0.355 e. The Morgan fingerprint density at radius 2 is 1.94 bits per heavy atom.